The molecule has 0 radical (unpaired) electrons. The second kappa shape index (κ2) is 9.48. The minimum absolute atomic E-state index is 0. The lowest BCUT2D eigenvalue weighted by Crippen LogP contribution is -2.45. The Balaban J connectivity index is 0.00000220. The van der Waals surface area contributed by atoms with Crippen LogP contribution in [0, 0.1) is 5.92 Å². The van der Waals surface area contributed by atoms with Crippen LogP contribution in [0.3, 0.4) is 0 Å². The molecule has 0 spiro atoms. The molecule has 2 N–H and O–H groups in total. The fourth-order valence-corrected chi connectivity index (χ4v) is 3.24. The van der Waals surface area contributed by atoms with Gasteiger partial charge in [-0.2, -0.15) is 0 Å². The Labute approximate surface area is 145 Å². The number of nitrogens with one attached hydrogen (secondary N) is 2. The van der Waals surface area contributed by atoms with Gasteiger partial charge in [0.25, 0.3) is 0 Å². The topological polar surface area (TPSA) is 56.7 Å². The zero-order chi connectivity index (χ0) is 14.4. The van der Waals surface area contributed by atoms with Crippen LogP contribution in [-0.4, -0.2) is 49.5 Å². The van der Waals surface area contributed by atoms with E-state index in [0.29, 0.717) is 11.9 Å². The molecule has 1 saturated carbocycles. The van der Waals surface area contributed by atoms with Gasteiger partial charge in [0.1, 0.15) is 0 Å². The second-order valence-corrected chi connectivity index (χ2v) is 5.85. The number of guanidine groups is 1. The second-order valence-electron chi connectivity index (χ2n) is 5.85. The summed E-state index contributed by atoms with van der Waals surface area (Å²) >= 11 is 0. The first kappa shape index (κ1) is 18.5. The molecule has 0 aromatic carbocycles. The van der Waals surface area contributed by atoms with Gasteiger partial charge in [-0.05, 0) is 26.2 Å². The largest absolute Gasteiger partial charge is 0.357 e. The third-order valence-corrected chi connectivity index (χ3v) is 4.36. The lowest BCUT2D eigenvalue weighted by Gasteiger charge is -2.26. The Hall–Kier alpha value is -0.530. The fourth-order valence-electron chi connectivity index (χ4n) is 3.24. The summed E-state index contributed by atoms with van der Waals surface area (Å²) in [5.74, 6) is 1.51. The highest BCUT2D eigenvalue weighted by Gasteiger charge is 2.31. The van der Waals surface area contributed by atoms with E-state index in [2.05, 4.69) is 22.5 Å². The highest BCUT2D eigenvalue weighted by molar-refractivity contribution is 14.0. The van der Waals surface area contributed by atoms with Crippen molar-refractivity contribution in [3.8, 4) is 0 Å². The number of aliphatic imine (C=N–C) groups is 1. The summed E-state index contributed by atoms with van der Waals surface area (Å²) in [4.78, 5) is 18.7. The Kier molecular flexibility index (Phi) is 8.36. The van der Waals surface area contributed by atoms with Crippen molar-refractivity contribution in [2.45, 2.75) is 51.5 Å². The molecular weight excluding hydrogens is 379 g/mol. The van der Waals surface area contributed by atoms with E-state index in [1.165, 1.54) is 19.3 Å². The number of carbonyl (C=O) groups is 1. The average Bonchev–Trinajstić information content (AvgIpc) is 2.95. The predicted octanol–water partition coefficient (Wildman–Crippen LogP) is 1.97. The van der Waals surface area contributed by atoms with Crippen LogP contribution in [0.1, 0.15) is 45.4 Å². The smallest absolute Gasteiger partial charge is 0.225 e. The molecule has 6 heteroatoms. The SMILES string of the molecule is CCNC(=NC)NC1CCN(C(=O)C2CCCCC2)C1.I. The molecule has 0 bridgehead atoms. The molecule has 2 fully saturated rings. The quantitative estimate of drug-likeness (QED) is 0.427. The van der Waals surface area contributed by atoms with E-state index in [4.69, 9.17) is 0 Å². The maximum absolute atomic E-state index is 12.5. The van der Waals surface area contributed by atoms with Crippen molar-refractivity contribution >= 4 is 35.8 Å². The molecule has 122 valence electrons. The van der Waals surface area contributed by atoms with Crippen molar-refractivity contribution < 1.29 is 4.79 Å². The van der Waals surface area contributed by atoms with Crippen molar-refractivity contribution in [2.75, 3.05) is 26.7 Å². The van der Waals surface area contributed by atoms with Crippen LogP contribution in [0.25, 0.3) is 0 Å². The Morgan fingerprint density at radius 1 is 1.24 bits per heavy atom. The number of hydrogen-bond acceptors (Lipinski definition) is 2. The first-order chi connectivity index (χ1) is 9.74. The molecule has 0 aromatic rings. The summed E-state index contributed by atoms with van der Waals surface area (Å²) in [7, 11) is 1.78. The van der Waals surface area contributed by atoms with Crippen LogP contribution < -0.4 is 10.6 Å². The predicted molar refractivity (Wildman–Crippen MR) is 97.1 cm³/mol. The van der Waals surface area contributed by atoms with Gasteiger partial charge in [-0.1, -0.05) is 19.3 Å². The number of likely N-dealkylation sites (tertiary alicyclic amines) is 1. The molecular formula is C15H29IN4O. The van der Waals surface area contributed by atoms with Gasteiger partial charge < -0.3 is 15.5 Å². The molecule has 21 heavy (non-hydrogen) atoms. The van der Waals surface area contributed by atoms with E-state index in [-0.39, 0.29) is 29.9 Å². The van der Waals surface area contributed by atoms with Gasteiger partial charge >= 0.3 is 0 Å². The van der Waals surface area contributed by atoms with Gasteiger partial charge in [-0.15, -0.1) is 24.0 Å². The van der Waals surface area contributed by atoms with Crippen molar-refractivity contribution in [2.24, 2.45) is 10.9 Å². The molecule has 1 unspecified atom stereocenters. The standard InChI is InChI=1S/C15H28N4O.HI/c1-3-17-15(16-2)18-13-9-10-19(11-13)14(20)12-7-5-4-6-8-12;/h12-13H,3-11H2,1-2H3,(H2,16,17,18);1H. The van der Waals surface area contributed by atoms with Crippen LogP contribution in [0.5, 0.6) is 0 Å². The summed E-state index contributed by atoms with van der Waals surface area (Å²) < 4.78 is 0. The normalized spacial score (nSPS) is 23.6. The van der Waals surface area contributed by atoms with Crippen molar-refractivity contribution in [3.63, 3.8) is 0 Å². The minimum Gasteiger partial charge on any atom is -0.357 e. The van der Waals surface area contributed by atoms with Crippen LogP contribution >= 0.6 is 24.0 Å². The van der Waals surface area contributed by atoms with E-state index >= 15 is 0 Å². The van der Waals surface area contributed by atoms with Gasteiger partial charge in [0, 0.05) is 38.6 Å². The highest BCUT2D eigenvalue weighted by atomic mass is 127. The summed E-state index contributed by atoms with van der Waals surface area (Å²) in [5, 5.41) is 6.60. The van der Waals surface area contributed by atoms with Crippen molar-refractivity contribution in [1.82, 2.24) is 15.5 Å². The highest BCUT2D eigenvalue weighted by Crippen LogP contribution is 2.26. The molecule has 1 heterocycles. The van der Waals surface area contributed by atoms with Crippen LogP contribution in [0.4, 0.5) is 0 Å². The molecule has 1 atom stereocenters. The Bertz CT molecular complexity index is 356. The maximum atomic E-state index is 12.5. The summed E-state index contributed by atoms with van der Waals surface area (Å²) in [6, 6.07) is 0.334. The molecule has 5 nitrogen and oxygen atoms in total. The van der Waals surface area contributed by atoms with E-state index in [1.807, 2.05) is 4.90 Å². The van der Waals surface area contributed by atoms with Gasteiger partial charge in [-0.25, -0.2) is 0 Å². The van der Waals surface area contributed by atoms with Gasteiger partial charge in [0.05, 0.1) is 0 Å². The number of hydrogen-bond donors (Lipinski definition) is 2. The molecule has 1 amide bonds. The van der Waals surface area contributed by atoms with E-state index < -0.39 is 0 Å². The van der Waals surface area contributed by atoms with Gasteiger partial charge in [0.2, 0.25) is 5.91 Å². The molecule has 0 aromatic heterocycles. The summed E-state index contributed by atoms with van der Waals surface area (Å²) in [6.45, 7) is 4.62. The molecule has 1 aliphatic heterocycles. The van der Waals surface area contributed by atoms with E-state index in [0.717, 1.165) is 44.9 Å². The molecule has 2 aliphatic rings. The minimum atomic E-state index is 0. The number of nitrogens with zero attached hydrogens (tertiary/aromatic N) is 2. The Morgan fingerprint density at radius 2 is 1.95 bits per heavy atom. The average molecular weight is 408 g/mol. The first-order valence-corrected chi connectivity index (χ1v) is 8.00. The fraction of sp³-hybridized carbons (Fsp3) is 0.867. The first-order valence-electron chi connectivity index (χ1n) is 8.00. The van der Waals surface area contributed by atoms with Gasteiger partial charge in [0.15, 0.2) is 5.96 Å². The summed E-state index contributed by atoms with van der Waals surface area (Å²) in [5.41, 5.74) is 0. The molecule has 1 saturated heterocycles. The molecule has 2 rings (SSSR count). The maximum Gasteiger partial charge on any atom is 0.225 e. The number of rotatable bonds is 3. The van der Waals surface area contributed by atoms with Crippen molar-refractivity contribution in [3.05, 3.63) is 0 Å². The summed E-state index contributed by atoms with van der Waals surface area (Å²) in [6.07, 6.45) is 6.94. The van der Waals surface area contributed by atoms with Crippen LogP contribution in [-0.2, 0) is 4.79 Å². The van der Waals surface area contributed by atoms with E-state index in [9.17, 15) is 4.79 Å². The van der Waals surface area contributed by atoms with E-state index in [1.54, 1.807) is 7.05 Å². The monoisotopic (exact) mass is 408 g/mol. The third kappa shape index (κ3) is 5.30. The number of carbonyl (C=O) groups excluding carboxylic acids is 1. The zero-order valence-electron chi connectivity index (χ0n) is 13.2. The van der Waals surface area contributed by atoms with Gasteiger partial charge in [-0.3, -0.25) is 9.79 Å². The lowest BCUT2D eigenvalue weighted by atomic mass is 9.88. The van der Waals surface area contributed by atoms with Crippen LogP contribution in [0.15, 0.2) is 4.99 Å². The van der Waals surface area contributed by atoms with Crippen molar-refractivity contribution in [1.29, 1.82) is 0 Å². The number of halogens is 1. The van der Waals surface area contributed by atoms with Crippen LogP contribution in [0.2, 0.25) is 0 Å². The number of amides is 1. The lowest BCUT2D eigenvalue weighted by molar-refractivity contribution is -0.135. The zero-order valence-corrected chi connectivity index (χ0v) is 15.6. The third-order valence-electron chi connectivity index (χ3n) is 4.36. The Morgan fingerprint density at radius 3 is 2.57 bits per heavy atom. The molecule has 1 aliphatic carbocycles.